The number of nitrogens with zero attached hydrogens (tertiary/aromatic N) is 6. The zero-order valence-electron chi connectivity index (χ0n) is 35.3. The standard InChI is InChI=1S/C47H60N6O6Si/c1-33-45(60(2,3)58)42(24-27-50-31-40(48-49-50)38(32-54)35-17-9-8-10-18-35)59-47(33)39-29-37(52-26-14-7-5-12-21-44(52)56)22-23-41(39)53(46(47)57)30-34-16-15-19-36(28-34)51-25-13-6-4-11-20-43(51)55/h8-10,15-19,22-23,28-29,31,33,38,42,45,54,58H,4-7,11-14,20-21,24-27,30,32H2,1-3H3/t33-,38?,42+,45-,47+/m1/s1. The van der Waals surface area contributed by atoms with E-state index in [0.717, 1.165) is 85.1 Å². The lowest BCUT2D eigenvalue weighted by Crippen LogP contribution is -2.46. The molecule has 0 saturated carbocycles. The Hall–Kier alpha value is -4.69. The smallest absolute Gasteiger partial charge is 0.264 e. The van der Waals surface area contributed by atoms with Crippen LogP contribution >= 0.6 is 0 Å². The average Bonchev–Trinajstić information content (AvgIpc) is 3.88. The summed E-state index contributed by atoms with van der Waals surface area (Å²) in [5.74, 6) is -0.672. The highest BCUT2D eigenvalue weighted by atomic mass is 28.4. The van der Waals surface area contributed by atoms with Gasteiger partial charge in [-0.05, 0) is 86.7 Å². The van der Waals surface area contributed by atoms with Gasteiger partial charge in [0.1, 0.15) is 0 Å². The molecule has 60 heavy (non-hydrogen) atoms. The monoisotopic (exact) mass is 832 g/mol. The molecule has 12 nitrogen and oxygen atoms in total. The Bertz CT molecular complexity index is 2170. The van der Waals surface area contributed by atoms with E-state index in [2.05, 4.69) is 10.3 Å². The zero-order valence-corrected chi connectivity index (χ0v) is 36.3. The minimum absolute atomic E-state index is 0.0865. The molecule has 8 rings (SSSR count). The van der Waals surface area contributed by atoms with Crippen molar-refractivity contribution in [2.24, 2.45) is 5.92 Å². The van der Waals surface area contributed by atoms with Crippen molar-refractivity contribution in [3.8, 4) is 0 Å². The topological polar surface area (TPSA) is 141 Å². The van der Waals surface area contributed by atoms with Gasteiger partial charge >= 0.3 is 0 Å². The number of fused-ring (bicyclic) bond motifs is 2. The van der Waals surface area contributed by atoms with Crippen LogP contribution in [0.4, 0.5) is 17.1 Å². The number of hydrogen-bond donors (Lipinski definition) is 2. The molecule has 1 unspecified atom stereocenters. The number of carbonyl (C=O) groups excluding carboxylic acids is 3. The van der Waals surface area contributed by atoms with Crippen LogP contribution in [0.15, 0.2) is 79.0 Å². The minimum Gasteiger partial charge on any atom is -0.432 e. The number of ether oxygens (including phenoxy) is 1. The summed E-state index contributed by atoms with van der Waals surface area (Å²) >= 11 is 0. The molecule has 0 radical (unpaired) electrons. The van der Waals surface area contributed by atoms with Crippen molar-refractivity contribution < 1.29 is 29.0 Å². The van der Waals surface area contributed by atoms with Gasteiger partial charge in [-0.1, -0.05) is 80.3 Å². The van der Waals surface area contributed by atoms with Crippen LogP contribution in [0.1, 0.15) is 106 Å². The highest BCUT2D eigenvalue weighted by Gasteiger charge is 2.66. The number of aromatic nitrogens is 3. The predicted molar refractivity (Wildman–Crippen MR) is 234 cm³/mol. The number of aliphatic hydroxyl groups excluding tert-OH is 1. The number of aryl methyl sites for hydroxylation is 1. The van der Waals surface area contributed by atoms with Crippen LogP contribution in [0.3, 0.4) is 0 Å². The second-order valence-electron chi connectivity index (χ2n) is 17.9. The van der Waals surface area contributed by atoms with E-state index in [0.29, 0.717) is 44.6 Å². The summed E-state index contributed by atoms with van der Waals surface area (Å²) in [6, 6.07) is 23.7. The molecule has 4 aromatic rings. The van der Waals surface area contributed by atoms with Gasteiger partial charge in [0.05, 0.1) is 36.6 Å². The summed E-state index contributed by atoms with van der Waals surface area (Å²) in [7, 11) is -2.98. The lowest BCUT2D eigenvalue weighted by Gasteiger charge is -2.33. The van der Waals surface area contributed by atoms with Gasteiger partial charge in [0.2, 0.25) is 11.8 Å². The first kappa shape index (κ1) is 42.0. The van der Waals surface area contributed by atoms with E-state index in [4.69, 9.17) is 4.74 Å². The molecule has 4 aliphatic rings. The first-order chi connectivity index (χ1) is 29.0. The van der Waals surface area contributed by atoms with Crippen molar-refractivity contribution in [1.29, 1.82) is 0 Å². The molecule has 0 bridgehead atoms. The van der Waals surface area contributed by atoms with Crippen molar-refractivity contribution in [1.82, 2.24) is 15.0 Å². The number of hydrogen-bond acceptors (Lipinski definition) is 8. The quantitative estimate of drug-likeness (QED) is 0.149. The average molecular weight is 833 g/mol. The third-order valence-corrected chi connectivity index (χ3v) is 15.9. The van der Waals surface area contributed by atoms with Crippen LogP contribution in [0.2, 0.25) is 18.6 Å². The number of carbonyl (C=O) groups is 3. The van der Waals surface area contributed by atoms with Crippen LogP contribution in [0, 0.1) is 5.92 Å². The van der Waals surface area contributed by atoms with E-state index >= 15 is 4.79 Å². The molecular formula is C47H60N6O6Si. The summed E-state index contributed by atoms with van der Waals surface area (Å²) in [6.45, 7) is 7.78. The first-order valence-electron chi connectivity index (χ1n) is 22.1. The van der Waals surface area contributed by atoms with E-state index < -0.39 is 25.9 Å². The maximum atomic E-state index is 15.5. The Balaban J connectivity index is 1.14. The minimum atomic E-state index is -2.98. The molecule has 5 heterocycles. The molecule has 1 spiro atoms. The molecule has 3 fully saturated rings. The van der Waals surface area contributed by atoms with E-state index in [1.807, 2.05) is 114 Å². The Morgan fingerprint density at radius 2 is 1.50 bits per heavy atom. The highest BCUT2D eigenvalue weighted by Crippen LogP contribution is 2.60. The van der Waals surface area contributed by atoms with E-state index in [-0.39, 0.29) is 42.3 Å². The number of rotatable bonds is 11. The van der Waals surface area contributed by atoms with E-state index in [9.17, 15) is 19.5 Å². The van der Waals surface area contributed by atoms with Gasteiger partial charge in [0.25, 0.3) is 5.91 Å². The molecule has 2 N–H and O–H groups in total. The molecular weight excluding hydrogens is 773 g/mol. The summed E-state index contributed by atoms with van der Waals surface area (Å²) in [5.41, 5.74) is 3.87. The fourth-order valence-corrected chi connectivity index (χ4v) is 13.0. The van der Waals surface area contributed by atoms with Crippen LogP contribution < -0.4 is 14.7 Å². The molecule has 0 aliphatic carbocycles. The number of benzene rings is 3. The molecule has 1 aromatic heterocycles. The van der Waals surface area contributed by atoms with Crippen LogP contribution in [-0.4, -0.2) is 76.7 Å². The van der Waals surface area contributed by atoms with Crippen LogP contribution in [0.5, 0.6) is 0 Å². The van der Waals surface area contributed by atoms with Crippen molar-refractivity contribution in [3.63, 3.8) is 0 Å². The molecule has 3 saturated heterocycles. The van der Waals surface area contributed by atoms with Gasteiger partial charge in [0, 0.05) is 67.1 Å². The second-order valence-corrected chi connectivity index (χ2v) is 21.9. The maximum Gasteiger partial charge on any atom is 0.264 e. The SMILES string of the molecule is C[C@@H]1[C@@H]([Si](C)(C)O)[C@H](CCn2cc(C(CO)c3ccccc3)nn2)O[C@@]12C(=O)N(Cc1cccc(N3CCCCCCC3=O)c1)c1ccc(N3CCCCCCC3=O)cc12. The van der Waals surface area contributed by atoms with Gasteiger partial charge in [-0.3, -0.25) is 19.1 Å². The summed E-state index contributed by atoms with van der Waals surface area (Å²) < 4.78 is 8.99. The molecule has 4 aliphatic heterocycles. The molecule has 3 aromatic carbocycles. The van der Waals surface area contributed by atoms with Crippen LogP contribution in [0.25, 0.3) is 0 Å². The van der Waals surface area contributed by atoms with Crippen molar-refractivity contribution in [3.05, 3.63) is 101 Å². The third-order valence-electron chi connectivity index (χ3n) is 13.4. The van der Waals surface area contributed by atoms with Gasteiger partial charge < -0.3 is 29.3 Å². The van der Waals surface area contributed by atoms with Crippen molar-refractivity contribution in [2.75, 3.05) is 34.4 Å². The normalized spacial score (nSPS) is 24.6. The second kappa shape index (κ2) is 17.7. The Morgan fingerprint density at radius 1 is 0.833 bits per heavy atom. The molecule has 3 amide bonds. The van der Waals surface area contributed by atoms with Crippen molar-refractivity contribution in [2.45, 2.75) is 127 Å². The fraction of sp³-hybridized carbons (Fsp3) is 0.511. The van der Waals surface area contributed by atoms with Gasteiger partial charge in [-0.2, -0.15) is 0 Å². The number of anilines is 3. The van der Waals surface area contributed by atoms with Gasteiger partial charge in [-0.25, -0.2) is 0 Å². The van der Waals surface area contributed by atoms with Crippen molar-refractivity contribution >= 4 is 43.1 Å². The predicted octanol–water partition coefficient (Wildman–Crippen LogP) is 7.43. The zero-order chi connectivity index (χ0) is 42.0. The lowest BCUT2D eigenvalue weighted by molar-refractivity contribution is -0.146. The fourth-order valence-electron chi connectivity index (χ4n) is 10.4. The summed E-state index contributed by atoms with van der Waals surface area (Å²) in [4.78, 5) is 59.9. The third kappa shape index (κ3) is 8.21. The van der Waals surface area contributed by atoms with Crippen LogP contribution in [-0.2, 0) is 37.8 Å². The van der Waals surface area contributed by atoms with Gasteiger partial charge in [-0.15, -0.1) is 5.10 Å². The van der Waals surface area contributed by atoms with E-state index in [1.165, 1.54) is 0 Å². The number of aliphatic hydroxyl groups is 1. The molecule has 318 valence electrons. The highest BCUT2D eigenvalue weighted by molar-refractivity contribution is 6.71. The lowest BCUT2D eigenvalue weighted by atomic mass is 9.82. The first-order valence-corrected chi connectivity index (χ1v) is 25.1. The largest absolute Gasteiger partial charge is 0.432 e. The van der Waals surface area contributed by atoms with Gasteiger partial charge in [0.15, 0.2) is 13.9 Å². The van der Waals surface area contributed by atoms with E-state index in [1.54, 1.807) is 4.68 Å². The Labute approximate surface area is 354 Å². The summed E-state index contributed by atoms with van der Waals surface area (Å²) in [6.07, 6.45) is 10.8. The summed E-state index contributed by atoms with van der Waals surface area (Å²) in [5, 5.41) is 19.1. The maximum absolute atomic E-state index is 15.5. The number of amides is 3. The Kier molecular flexibility index (Phi) is 12.4. The molecule has 13 heteroatoms. The Morgan fingerprint density at radius 3 is 2.17 bits per heavy atom. The molecule has 5 atom stereocenters.